The maximum atomic E-state index is 14.0. The third-order valence-corrected chi connectivity index (χ3v) is 8.29. The van der Waals surface area contributed by atoms with Crippen molar-refractivity contribution in [3.63, 3.8) is 0 Å². The third kappa shape index (κ3) is 5.54. The number of aromatic amines is 1. The fourth-order valence-electron chi connectivity index (χ4n) is 5.40. The Kier molecular flexibility index (Phi) is 8.02. The van der Waals surface area contributed by atoms with Crippen LogP contribution in [0.2, 0.25) is 10.0 Å². The topological polar surface area (TPSA) is 87.7 Å². The van der Waals surface area contributed by atoms with Gasteiger partial charge >= 0.3 is 0 Å². The predicted octanol–water partition coefficient (Wildman–Crippen LogP) is 8.12. The number of halogens is 2. The molecule has 0 aliphatic carbocycles. The molecule has 9 heteroatoms. The SMILES string of the molecule is CCOc1cc(C2c3c(-c4cc(Cl)c(C)cc4O)n[nH]c3C(=O)N2Cc2ccccc2Cl)ccc1OCc1ccccc1. The van der Waals surface area contributed by atoms with Gasteiger partial charge in [-0.2, -0.15) is 5.10 Å². The van der Waals surface area contributed by atoms with Gasteiger partial charge in [0.15, 0.2) is 11.5 Å². The summed E-state index contributed by atoms with van der Waals surface area (Å²) in [5.74, 6) is 0.929. The fourth-order valence-corrected chi connectivity index (χ4v) is 5.75. The van der Waals surface area contributed by atoms with Crippen LogP contribution in [-0.2, 0) is 13.2 Å². The summed E-state index contributed by atoms with van der Waals surface area (Å²) < 4.78 is 12.2. The van der Waals surface area contributed by atoms with Crippen molar-refractivity contribution in [1.82, 2.24) is 15.1 Å². The highest BCUT2D eigenvalue weighted by Gasteiger charge is 2.43. The minimum atomic E-state index is -0.575. The number of nitrogens with one attached hydrogen (secondary N) is 1. The number of aromatic nitrogens is 2. The van der Waals surface area contributed by atoms with Gasteiger partial charge in [-0.1, -0.05) is 77.8 Å². The molecule has 1 aromatic heterocycles. The first-order chi connectivity index (χ1) is 20.9. The van der Waals surface area contributed by atoms with Gasteiger partial charge in [0.25, 0.3) is 5.91 Å². The average molecular weight is 615 g/mol. The highest BCUT2D eigenvalue weighted by Crippen LogP contribution is 2.47. The van der Waals surface area contributed by atoms with E-state index in [0.29, 0.717) is 57.3 Å². The monoisotopic (exact) mass is 613 g/mol. The molecule has 6 rings (SSSR count). The third-order valence-electron chi connectivity index (χ3n) is 7.51. The standard InChI is InChI=1S/C34H29Cl2N3O4/c1-3-42-29-16-22(13-14-28(29)43-19-21-9-5-4-6-10-21)33-30-31(24-17-26(36)20(2)15-27(24)40)37-38-32(30)34(41)39(33)18-23-11-7-8-12-25(23)35/h4-17,33,40H,3,18-19H2,1-2H3,(H,37,38). The molecule has 0 saturated heterocycles. The van der Waals surface area contributed by atoms with E-state index < -0.39 is 6.04 Å². The lowest BCUT2D eigenvalue weighted by Crippen LogP contribution is -2.29. The van der Waals surface area contributed by atoms with E-state index >= 15 is 0 Å². The van der Waals surface area contributed by atoms with Crippen molar-refractivity contribution in [2.24, 2.45) is 0 Å². The summed E-state index contributed by atoms with van der Waals surface area (Å²) in [5.41, 5.74) is 5.20. The van der Waals surface area contributed by atoms with E-state index in [1.807, 2.05) is 80.6 Å². The molecule has 0 saturated carbocycles. The zero-order chi connectivity index (χ0) is 30.1. The molecule has 0 spiro atoms. The van der Waals surface area contributed by atoms with Crippen molar-refractivity contribution < 1.29 is 19.4 Å². The molecule has 7 nitrogen and oxygen atoms in total. The molecule has 0 radical (unpaired) electrons. The van der Waals surface area contributed by atoms with Crippen LogP contribution in [0.3, 0.4) is 0 Å². The Morgan fingerprint density at radius 1 is 0.930 bits per heavy atom. The molecule has 43 heavy (non-hydrogen) atoms. The zero-order valence-corrected chi connectivity index (χ0v) is 25.1. The molecule has 218 valence electrons. The van der Waals surface area contributed by atoms with E-state index in [-0.39, 0.29) is 18.2 Å². The molecule has 4 aromatic carbocycles. The number of phenolic OH excluding ortho intramolecular Hbond substituents is 1. The summed E-state index contributed by atoms with van der Waals surface area (Å²) in [5, 5.41) is 19.4. The number of hydrogen-bond donors (Lipinski definition) is 2. The van der Waals surface area contributed by atoms with E-state index in [2.05, 4.69) is 10.2 Å². The number of aromatic hydroxyl groups is 1. The number of amides is 1. The van der Waals surface area contributed by atoms with Crippen molar-refractivity contribution in [3.05, 3.63) is 128 Å². The second-order valence-electron chi connectivity index (χ2n) is 10.3. The molecular weight excluding hydrogens is 585 g/mol. The van der Waals surface area contributed by atoms with E-state index in [0.717, 1.165) is 22.3 Å². The number of carbonyl (C=O) groups is 1. The predicted molar refractivity (Wildman–Crippen MR) is 167 cm³/mol. The Bertz CT molecular complexity index is 1810. The lowest BCUT2D eigenvalue weighted by Gasteiger charge is -2.27. The van der Waals surface area contributed by atoms with Gasteiger partial charge in [0.2, 0.25) is 0 Å². The number of hydrogen-bond acceptors (Lipinski definition) is 5. The number of rotatable bonds is 9. The lowest BCUT2D eigenvalue weighted by molar-refractivity contribution is 0.0730. The highest BCUT2D eigenvalue weighted by atomic mass is 35.5. The number of nitrogens with zero attached hydrogens (tertiary/aromatic N) is 2. The molecule has 1 atom stereocenters. The quantitative estimate of drug-likeness (QED) is 0.175. The van der Waals surface area contributed by atoms with Crippen LogP contribution in [0.1, 0.15) is 51.3 Å². The van der Waals surface area contributed by atoms with E-state index in [1.54, 1.807) is 23.1 Å². The van der Waals surface area contributed by atoms with Crippen molar-refractivity contribution >= 4 is 29.1 Å². The number of fused-ring (bicyclic) bond motifs is 1. The Labute approximate surface area is 259 Å². The normalized spacial score (nSPS) is 14.2. The van der Waals surface area contributed by atoms with E-state index in [9.17, 15) is 9.90 Å². The summed E-state index contributed by atoms with van der Waals surface area (Å²) in [6, 6.07) is 25.7. The molecule has 2 heterocycles. The molecule has 2 N–H and O–H groups in total. The minimum Gasteiger partial charge on any atom is -0.507 e. The van der Waals surface area contributed by atoms with Crippen molar-refractivity contribution in [2.75, 3.05) is 6.61 Å². The summed E-state index contributed by atoms with van der Waals surface area (Å²) in [6.45, 7) is 4.78. The van der Waals surface area contributed by atoms with Crippen molar-refractivity contribution in [2.45, 2.75) is 33.0 Å². The molecular formula is C34H29Cl2N3O4. The molecule has 5 aromatic rings. The second kappa shape index (κ2) is 12.0. The maximum absolute atomic E-state index is 14.0. The van der Waals surface area contributed by atoms with Gasteiger partial charge < -0.3 is 19.5 Å². The number of benzene rings is 4. The van der Waals surface area contributed by atoms with Crippen LogP contribution >= 0.6 is 23.2 Å². The van der Waals surface area contributed by atoms with Gasteiger partial charge in [0, 0.05) is 27.7 Å². The van der Waals surface area contributed by atoms with Gasteiger partial charge in [-0.15, -0.1) is 0 Å². The van der Waals surface area contributed by atoms with Crippen LogP contribution in [0, 0.1) is 6.92 Å². The molecule has 1 amide bonds. The molecule has 1 unspecified atom stereocenters. The largest absolute Gasteiger partial charge is 0.507 e. The summed E-state index contributed by atoms with van der Waals surface area (Å²) in [7, 11) is 0. The van der Waals surface area contributed by atoms with Crippen LogP contribution in [0.15, 0.2) is 84.9 Å². The number of phenols is 1. The highest BCUT2D eigenvalue weighted by molar-refractivity contribution is 6.32. The number of H-pyrrole nitrogens is 1. The van der Waals surface area contributed by atoms with Gasteiger partial charge in [-0.3, -0.25) is 9.89 Å². The first-order valence-corrected chi connectivity index (χ1v) is 14.7. The Morgan fingerprint density at radius 3 is 2.47 bits per heavy atom. The Morgan fingerprint density at radius 2 is 1.70 bits per heavy atom. The molecule has 0 bridgehead atoms. The molecule has 0 fully saturated rings. The van der Waals surface area contributed by atoms with E-state index in [1.165, 1.54) is 0 Å². The summed E-state index contributed by atoms with van der Waals surface area (Å²) in [4.78, 5) is 15.7. The Hall–Kier alpha value is -4.46. The van der Waals surface area contributed by atoms with Crippen LogP contribution < -0.4 is 9.47 Å². The van der Waals surface area contributed by atoms with Gasteiger partial charge in [0.1, 0.15) is 23.7 Å². The molecule has 1 aliphatic heterocycles. The van der Waals surface area contributed by atoms with Gasteiger partial charge in [-0.25, -0.2) is 0 Å². The van der Waals surface area contributed by atoms with Crippen LogP contribution in [-0.4, -0.2) is 32.7 Å². The minimum absolute atomic E-state index is 0.0200. The van der Waals surface area contributed by atoms with Crippen molar-refractivity contribution in [3.8, 4) is 28.5 Å². The fraction of sp³-hybridized carbons (Fsp3) is 0.176. The van der Waals surface area contributed by atoms with E-state index in [4.69, 9.17) is 32.7 Å². The van der Waals surface area contributed by atoms with Crippen LogP contribution in [0.5, 0.6) is 17.2 Å². The van der Waals surface area contributed by atoms with Gasteiger partial charge in [-0.05, 0) is 66.4 Å². The summed E-state index contributed by atoms with van der Waals surface area (Å²) >= 11 is 13.0. The maximum Gasteiger partial charge on any atom is 0.273 e. The zero-order valence-electron chi connectivity index (χ0n) is 23.6. The van der Waals surface area contributed by atoms with Crippen molar-refractivity contribution in [1.29, 1.82) is 0 Å². The number of carbonyl (C=O) groups excluding carboxylic acids is 1. The second-order valence-corrected chi connectivity index (χ2v) is 11.1. The van der Waals surface area contributed by atoms with Crippen LogP contribution in [0.25, 0.3) is 11.3 Å². The number of aryl methyl sites for hydroxylation is 1. The first-order valence-electron chi connectivity index (χ1n) is 13.9. The lowest BCUT2D eigenvalue weighted by atomic mass is 9.94. The summed E-state index contributed by atoms with van der Waals surface area (Å²) in [6.07, 6.45) is 0. The smallest absolute Gasteiger partial charge is 0.273 e. The van der Waals surface area contributed by atoms with Gasteiger partial charge in [0.05, 0.1) is 12.6 Å². The first kappa shape index (κ1) is 28.6. The number of ether oxygens (including phenoxy) is 2. The van der Waals surface area contributed by atoms with Crippen LogP contribution in [0.4, 0.5) is 0 Å². The molecule has 1 aliphatic rings. The Balaban J connectivity index is 1.46. The average Bonchev–Trinajstić information content (AvgIpc) is 3.54.